The molecule has 0 aliphatic carbocycles. The van der Waals surface area contributed by atoms with Crippen LogP contribution in [0.3, 0.4) is 0 Å². The van der Waals surface area contributed by atoms with Crippen LogP contribution in [0.1, 0.15) is 16.1 Å². The molecule has 2 rings (SSSR count). The number of benzene rings is 1. The van der Waals surface area contributed by atoms with E-state index in [4.69, 9.17) is 5.84 Å². The Labute approximate surface area is 104 Å². The normalized spacial score (nSPS) is 9.89. The zero-order chi connectivity index (χ0) is 13.0. The minimum atomic E-state index is -0.309. The molecule has 1 aromatic heterocycles. The number of carbonyl (C=O) groups excluding carboxylic acids is 1. The van der Waals surface area contributed by atoms with Crippen LogP contribution < -0.4 is 16.6 Å². The quantitative estimate of drug-likeness (QED) is 0.558. The average molecular weight is 243 g/mol. The topological polar surface area (TPSA) is 92.9 Å². The van der Waals surface area contributed by atoms with E-state index < -0.39 is 0 Å². The van der Waals surface area contributed by atoms with Crippen molar-refractivity contribution in [1.82, 2.24) is 9.97 Å². The van der Waals surface area contributed by atoms with Crippen LogP contribution in [0.5, 0.6) is 0 Å². The zero-order valence-corrected chi connectivity index (χ0v) is 9.84. The number of aryl methyl sites for hydroxylation is 1. The van der Waals surface area contributed by atoms with Crippen molar-refractivity contribution in [3.8, 4) is 0 Å². The summed E-state index contributed by atoms with van der Waals surface area (Å²) >= 11 is 0. The lowest BCUT2D eigenvalue weighted by atomic mass is 10.2. The summed E-state index contributed by atoms with van der Waals surface area (Å²) in [6, 6.07) is 7.52. The van der Waals surface area contributed by atoms with Crippen LogP contribution >= 0.6 is 0 Å². The molecule has 6 nitrogen and oxygen atoms in total. The fraction of sp³-hybridized carbons (Fsp3) is 0.0833. The lowest BCUT2D eigenvalue weighted by molar-refractivity contribution is 0.102. The number of anilines is 2. The number of hydrogen-bond donors (Lipinski definition) is 3. The van der Waals surface area contributed by atoms with E-state index in [9.17, 15) is 4.79 Å². The standard InChI is InChI=1S/C12H13N5O/c1-8-3-2-4-9(5-8)16-12(18)10-6-15-11(17-13)7-14-10/h2-7H,13H2,1H3,(H,15,17)(H,16,18). The molecule has 0 aliphatic rings. The van der Waals surface area contributed by atoms with Crippen molar-refractivity contribution in [1.29, 1.82) is 0 Å². The number of rotatable bonds is 3. The van der Waals surface area contributed by atoms with Crippen LogP contribution in [0.15, 0.2) is 36.7 Å². The van der Waals surface area contributed by atoms with E-state index in [0.717, 1.165) is 11.3 Å². The first kappa shape index (κ1) is 12.0. The number of nitrogen functional groups attached to an aromatic ring is 1. The van der Waals surface area contributed by atoms with Gasteiger partial charge in [0.2, 0.25) is 0 Å². The van der Waals surface area contributed by atoms with Gasteiger partial charge >= 0.3 is 0 Å². The largest absolute Gasteiger partial charge is 0.321 e. The zero-order valence-electron chi connectivity index (χ0n) is 9.84. The third-order valence-corrected chi connectivity index (χ3v) is 2.31. The summed E-state index contributed by atoms with van der Waals surface area (Å²) in [7, 11) is 0. The summed E-state index contributed by atoms with van der Waals surface area (Å²) in [6.45, 7) is 1.96. The molecule has 1 amide bonds. The third-order valence-electron chi connectivity index (χ3n) is 2.31. The minimum absolute atomic E-state index is 0.232. The molecule has 0 atom stereocenters. The van der Waals surface area contributed by atoms with Crippen LogP contribution in [0.2, 0.25) is 0 Å². The van der Waals surface area contributed by atoms with Gasteiger partial charge in [-0.3, -0.25) is 4.79 Å². The average Bonchev–Trinajstić information content (AvgIpc) is 2.39. The molecule has 0 spiro atoms. The Morgan fingerprint density at radius 2 is 2.11 bits per heavy atom. The molecule has 0 radical (unpaired) electrons. The van der Waals surface area contributed by atoms with Crippen molar-refractivity contribution in [3.63, 3.8) is 0 Å². The number of nitrogens with two attached hydrogens (primary N) is 1. The summed E-state index contributed by atoms with van der Waals surface area (Å²) in [5.74, 6) is 5.26. The van der Waals surface area contributed by atoms with Gasteiger partial charge in [-0.2, -0.15) is 0 Å². The maximum absolute atomic E-state index is 11.9. The fourth-order valence-electron chi connectivity index (χ4n) is 1.44. The first-order valence-electron chi connectivity index (χ1n) is 5.36. The second kappa shape index (κ2) is 5.24. The molecule has 0 aliphatic heterocycles. The Hall–Kier alpha value is -2.47. The molecule has 2 aromatic rings. The highest BCUT2D eigenvalue weighted by molar-refractivity contribution is 6.02. The minimum Gasteiger partial charge on any atom is -0.321 e. The molecular formula is C12H13N5O. The molecule has 1 aromatic carbocycles. The molecule has 0 saturated carbocycles. The van der Waals surface area contributed by atoms with Crippen LogP contribution in [0.25, 0.3) is 0 Å². The Kier molecular flexibility index (Phi) is 3.49. The first-order chi connectivity index (χ1) is 8.69. The fourth-order valence-corrected chi connectivity index (χ4v) is 1.44. The van der Waals surface area contributed by atoms with Gasteiger partial charge in [0, 0.05) is 5.69 Å². The molecule has 0 fully saturated rings. The van der Waals surface area contributed by atoms with Gasteiger partial charge in [0.1, 0.15) is 5.69 Å². The molecule has 0 unspecified atom stereocenters. The maximum Gasteiger partial charge on any atom is 0.275 e. The van der Waals surface area contributed by atoms with E-state index in [1.165, 1.54) is 12.4 Å². The molecule has 1 heterocycles. The number of hydrogen-bond acceptors (Lipinski definition) is 5. The SMILES string of the molecule is Cc1cccc(NC(=O)c2cnc(NN)cn2)c1. The third kappa shape index (κ3) is 2.80. The van der Waals surface area contributed by atoms with Gasteiger partial charge in [0.25, 0.3) is 5.91 Å². The summed E-state index contributed by atoms with van der Waals surface area (Å²) in [6.07, 6.45) is 2.76. The van der Waals surface area contributed by atoms with E-state index >= 15 is 0 Å². The van der Waals surface area contributed by atoms with Crippen LogP contribution in [0, 0.1) is 6.92 Å². The predicted molar refractivity (Wildman–Crippen MR) is 69.0 cm³/mol. The van der Waals surface area contributed by atoms with Gasteiger partial charge in [0.05, 0.1) is 12.4 Å². The van der Waals surface area contributed by atoms with Crippen molar-refractivity contribution in [2.75, 3.05) is 10.7 Å². The highest BCUT2D eigenvalue weighted by Crippen LogP contribution is 2.10. The van der Waals surface area contributed by atoms with Crippen molar-refractivity contribution in [2.24, 2.45) is 5.84 Å². The second-order valence-corrected chi connectivity index (χ2v) is 3.75. The maximum atomic E-state index is 11.9. The van der Waals surface area contributed by atoms with Crippen LogP contribution in [-0.4, -0.2) is 15.9 Å². The summed E-state index contributed by atoms with van der Waals surface area (Å²) in [5.41, 5.74) is 4.37. The lowest BCUT2D eigenvalue weighted by Crippen LogP contribution is -2.15. The van der Waals surface area contributed by atoms with E-state index in [-0.39, 0.29) is 11.6 Å². The highest BCUT2D eigenvalue weighted by atomic mass is 16.1. The van der Waals surface area contributed by atoms with E-state index in [2.05, 4.69) is 20.7 Å². The molecule has 0 saturated heterocycles. The van der Waals surface area contributed by atoms with Crippen LogP contribution in [-0.2, 0) is 0 Å². The second-order valence-electron chi connectivity index (χ2n) is 3.75. The Balaban J connectivity index is 2.11. The molecule has 6 heteroatoms. The number of amides is 1. The van der Waals surface area contributed by atoms with Crippen LogP contribution in [0.4, 0.5) is 11.5 Å². The number of hydrazine groups is 1. The molecule has 4 N–H and O–H groups in total. The van der Waals surface area contributed by atoms with Gasteiger partial charge in [-0.1, -0.05) is 12.1 Å². The smallest absolute Gasteiger partial charge is 0.275 e. The van der Waals surface area contributed by atoms with Crippen molar-refractivity contribution >= 4 is 17.4 Å². The molecule has 92 valence electrons. The summed E-state index contributed by atoms with van der Waals surface area (Å²) in [4.78, 5) is 19.7. The van der Waals surface area contributed by atoms with Gasteiger partial charge < -0.3 is 10.7 Å². The summed E-state index contributed by atoms with van der Waals surface area (Å²) in [5, 5.41) is 2.74. The Morgan fingerprint density at radius 1 is 1.28 bits per heavy atom. The number of aromatic nitrogens is 2. The monoisotopic (exact) mass is 243 g/mol. The van der Waals surface area contributed by atoms with Crippen molar-refractivity contribution < 1.29 is 4.79 Å². The Morgan fingerprint density at radius 3 is 2.72 bits per heavy atom. The van der Waals surface area contributed by atoms with Crippen molar-refractivity contribution in [2.45, 2.75) is 6.92 Å². The highest BCUT2D eigenvalue weighted by Gasteiger charge is 2.08. The lowest BCUT2D eigenvalue weighted by Gasteiger charge is -2.05. The molecule has 18 heavy (non-hydrogen) atoms. The first-order valence-corrected chi connectivity index (χ1v) is 5.36. The number of nitrogens with zero attached hydrogens (tertiary/aromatic N) is 2. The van der Waals surface area contributed by atoms with E-state index in [0.29, 0.717) is 5.82 Å². The predicted octanol–water partition coefficient (Wildman–Crippen LogP) is 1.32. The number of carbonyl (C=O) groups is 1. The van der Waals surface area contributed by atoms with E-state index in [1.807, 2.05) is 31.2 Å². The number of nitrogens with one attached hydrogen (secondary N) is 2. The van der Waals surface area contributed by atoms with Crippen molar-refractivity contribution in [3.05, 3.63) is 47.9 Å². The van der Waals surface area contributed by atoms with E-state index in [1.54, 1.807) is 0 Å². The Bertz CT molecular complexity index is 553. The molecule has 0 bridgehead atoms. The summed E-state index contributed by atoms with van der Waals surface area (Å²) < 4.78 is 0. The van der Waals surface area contributed by atoms with Gasteiger partial charge in [-0.15, -0.1) is 0 Å². The van der Waals surface area contributed by atoms with Gasteiger partial charge in [0.15, 0.2) is 5.82 Å². The van der Waals surface area contributed by atoms with Gasteiger partial charge in [-0.05, 0) is 24.6 Å². The molecular weight excluding hydrogens is 230 g/mol. The van der Waals surface area contributed by atoms with Gasteiger partial charge in [-0.25, -0.2) is 15.8 Å².